The fourth-order valence-electron chi connectivity index (χ4n) is 6.99. The van der Waals surface area contributed by atoms with E-state index in [1.54, 1.807) is 0 Å². The summed E-state index contributed by atoms with van der Waals surface area (Å²) in [6, 6.07) is 39.3. The van der Waals surface area contributed by atoms with Crippen LogP contribution < -0.4 is 9.91 Å². The van der Waals surface area contributed by atoms with Gasteiger partial charge in [0.15, 0.2) is 0 Å². The zero-order valence-corrected chi connectivity index (χ0v) is 26.5. The molecule has 4 aromatic rings. The Bertz CT molecular complexity index is 1530. The lowest BCUT2D eigenvalue weighted by Crippen LogP contribution is -2.47. The van der Waals surface area contributed by atoms with Crippen molar-refractivity contribution in [2.45, 2.75) is 18.4 Å². The van der Waals surface area contributed by atoms with Gasteiger partial charge in [-0.15, -0.1) is 24.8 Å². The molecular weight excluding hydrogens is 589 g/mol. The number of rotatable bonds is 8. The van der Waals surface area contributed by atoms with Crippen LogP contribution in [0.1, 0.15) is 35.1 Å². The Kier molecular flexibility index (Phi) is 10.6. The van der Waals surface area contributed by atoms with Gasteiger partial charge >= 0.3 is 0 Å². The molecule has 0 radical (unpaired) electrons. The number of aliphatic hydroxyl groups is 1. The lowest BCUT2D eigenvalue weighted by molar-refractivity contribution is 0.112. The van der Waals surface area contributed by atoms with E-state index >= 15 is 0 Å². The molecule has 1 N–H and O–H groups in total. The van der Waals surface area contributed by atoms with Crippen molar-refractivity contribution in [1.29, 1.82) is 0 Å². The van der Waals surface area contributed by atoms with Gasteiger partial charge in [0.1, 0.15) is 0 Å². The molecule has 1 saturated heterocycles. The number of nitrogens with zero attached hydrogens (tertiary/aromatic N) is 5. The van der Waals surface area contributed by atoms with Crippen molar-refractivity contribution in [3.05, 3.63) is 126 Å². The van der Waals surface area contributed by atoms with Crippen molar-refractivity contribution in [2.24, 2.45) is 5.10 Å². The minimum Gasteiger partial charge on any atom is -0.395 e. The number of hydrogen-bond donors (Lipinski definition) is 1. The molecule has 0 aliphatic carbocycles. The first-order chi connectivity index (χ1) is 20.8. The van der Waals surface area contributed by atoms with Crippen LogP contribution in [0.25, 0.3) is 0 Å². The second kappa shape index (κ2) is 14.6. The molecule has 2 atom stereocenters. The summed E-state index contributed by atoms with van der Waals surface area (Å²) >= 11 is 0. The molecule has 230 valence electrons. The third kappa shape index (κ3) is 6.23. The van der Waals surface area contributed by atoms with Gasteiger partial charge in [0.25, 0.3) is 0 Å². The second-order valence-electron chi connectivity index (χ2n) is 11.5. The minimum atomic E-state index is 0. The largest absolute Gasteiger partial charge is 0.395 e. The Morgan fingerprint density at radius 2 is 1.16 bits per heavy atom. The monoisotopic (exact) mass is 629 g/mol. The van der Waals surface area contributed by atoms with Gasteiger partial charge in [-0.3, -0.25) is 9.91 Å². The standard InChI is InChI=1S/C36H39N5O.2ClH/c42-27-26-39-24-22-38(23-25-39)20-11-21-40-32-18-9-7-16-30(32)34-35(28-12-3-1-4-13-28)37-41(29-14-5-2-6-15-29)36(34)31-17-8-10-19-33(31)40;;/h1-10,12-19,34,36,42H,11,20-27H2;2*1H. The Morgan fingerprint density at radius 3 is 1.82 bits per heavy atom. The summed E-state index contributed by atoms with van der Waals surface area (Å²) in [4.78, 5) is 7.51. The number of benzene rings is 4. The van der Waals surface area contributed by atoms with Crippen molar-refractivity contribution >= 4 is 47.6 Å². The summed E-state index contributed by atoms with van der Waals surface area (Å²) in [5, 5.41) is 17.0. The fourth-order valence-corrected chi connectivity index (χ4v) is 6.99. The molecule has 7 rings (SSSR count). The number of aliphatic hydroxyl groups excluding tert-OH is 1. The normalized spacial score (nSPS) is 19.5. The maximum Gasteiger partial charge on any atom is 0.0921 e. The van der Waals surface area contributed by atoms with Crippen LogP contribution >= 0.6 is 24.8 Å². The van der Waals surface area contributed by atoms with Gasteiger partial charge in [-0.25, -0.2) is 0 Å². The van der Waals surface area contributed by atoms with Gasteiger partial charge in [0.05, 0.1) is 30.0 Å². The molecule has 44 heavy (non-hydrogen) atoms. The van der Waals surface area contributed by atoms with Crippen LogP contribution in [0.2, 0.25) is 0 Å². The number of fused-ring (bicyclic) bond motifs is 5. The van der Waals surface area contributed by atoms with Crippen molar-refractivity contribution < 1.29 is 5.11 Å². The molecule has 0 aromatic heterocycles. The molecular formula is C36H41Cl2N5O. The number of para-hydroxylation sites is 3. The van der Waals surface area contributed by atoms with Gasteiger partial charge in [-0.2, -0.15) is 5.10 Å². The molecule has 0 amide bonds. The van der Waals surface area contributed by atoms with E-state index in [2.05, 4.69) is 129 Å². The molecule has 6 nitrogen and oxygen atoms in total. The third-order valence-corrected chi connectivity index (χ3v) is 9.03. The number of hydrazone groups is 1. The van der Waals surface area contributed by atoms with Crippen molar-refractivity contribution in [2.75, 3.05) is 62.3 Å². The van der Waals surface area contributed by atoms with E-state index in [1.165, 1.54) is 28.1 Å². The van der Waals surface area contributed by atoms with Crippen LogP contribution in [0.4, 0.5) is 17.1 Å². The number of halogens is 2. The summed E-state index contributed by atoms with van der Waals surface area (Å²) in [6.45, 7) is 7.27. The first-order valence-electron chi connectivity index (χ1n) is 15.3. The van der Waals surface area contributed by atoms with Crippen molar-refractivity contribution in [3.63, 3.8) is 0 Å². The number of β-amino-alcohol motifs (C(OH)–C–C–N with tert-alkyl or cyclic N) is 1. The SMILES string of the molecule is Cl.Cl.OCCN1CCN(CCCN2c3ccccc3C3C(c4ccccc4)=NN(c4ccccc4)C3c3ccccc32)CC1. The van der Waals surface area contributed by atoms with Crippen LogP contribution in [0.3, 0.4) is 0 Å². The van der Waals surface area contributed by atoms with Gasteiger partial charge in [0.2, 0.25) is 0 Å². The van der Waals surface area contributed by atoms with Crippen LogP contribution in [-0.2, 0) is 0 Å². The zero-order valence-electron chi connectivity index (χ0n) is 24.9. The number of piperazine rings is 1. The first-order valence-corrected chi connectivity index (χ1v) is 15.3. The summed E-state index contributed by atoms with van der Waals surface area (Å²) in [5.74, 6) is 0.0922. The molecule has 3 aliphatic rings. The maximum atomic E-state index is 9.30. The summed E-state index contributed by atoms with van der Waals surface area (Å²) in [5.41, 5.74) is 8.60. The zero-order chi connectivity index (χ0) is 28.3. The average Bonchev–Trinajstić information content (AvgIpc) is 3.40. The van der Waals surface area contributed by atoms with Gasteiger partial charge in [0, 0.05) is 56.2 Å². The van der Waals surface area contributed by atoms with E-state index in [0.717, 1.165) is 63.6 Å². The molecule has 8 heteroatoms. The summed E-state index contributed by atoms with van der Waals surface area (Å²) in [7, 11) is 0. The average molecular weight is 631 g/mol. The van der Waals surface area contributed by atoms with E-state index in [0.29, 0.717) is 0 Å². The van der Waals surface area contributed by atoms with E-state index < -0.39 is 0 Å². The molecule has 0 spiro atoms. The second-order valence-corrected chi connectivity index (χ2v) is 11.5. The molecule has 0 bridgehead atoms. The van der Waals surface area contributed by atoms with Crippen LogP contribution in [0.15, 0.2) is 114 Å². The van der Waals surface area contributed by atoms with Crippen molar-refractivity contribution in [1.82, 2.24) is 9.80 Å². The highest BCUT2D eigenvalue weighted by atomic mass is 35.5. The molecule has 3 aliphatic heterocycles. The smallest absolute Gasteiger partial charge is 0.0921 e. The maximum absolute atomic E-state index is 9.30. The van der Waals surface area contributed by atoms with Crippen LogP contribution in [0.5, 0.6) is 0 Å². The summed E-state index contributed by atoms with van der Waals surface area (Å²) in [6.07, 6.45) is 1.08. The van der Waals surface area contributed by atoms with Crippen molar-refractivity contribution in [3.8, 4) is 0 Å². The third-order valence-electron chi connectivity index (χ3n) is 9.03. The predicted molar refractivity (Wildman–Crippen MR) is 186 cm³/mol. The summed E-state index contributed by atoms with van der Waals surface area (Å²) < 4.78 is 0. The Morgan fingerprint density at radius 1 is 0.614 bits per heavy atom. The predicted octanol–water partition coefficient (Wildman–Crippen LogP) is 6.73. The van der Waals surface area contributed by atoms with E-state index in [9.17, 15) is 5.11 Å². The lowest BCUT2D eigenvalue weighted by atomic mass is 9.82. The molecule has 4 aromatic carbocycles. The minimum absolute atomic E-state index is 0. The molecule has 1 fully saturated rings. The van der Waals surface area contributed by atoms with Crippen LogP contribution in [-0.4, -0.2) is 73.0 Å². The van der Waals surface area contributed by atoms with Gasteiger partial charge < -0.3 is 14.9 Å². The highest BCUT2D eigenvalue weighted by molar-refractivity contribution is 6.09. The number of anilines is 3. The molecule has 3 heterocycles. The highest BCUT2D eigenvalue weighted by Gasteiger charge is 2.45. The van der Waals surface area contributed by atoms with E-state index in [4.69, 9.17) is 5.10 Å². The number of hydrogen-bond acceptors (Lipinski definition) is 6. The van der Waals surface area contributed by atoms with E-state index in [-0.39, 0.29) is 43.4 Å². The quantitative estimate of drug-likeness (QED) is 0.234. The van der Waals surface area contributed by atoms with Gasteiger partial charge in [-0.05, 0) is 48.4 Å². The topological polar surface area (TPSA) is 45.6 Å². The Labute approximate surface area is 273 Å². The Balaban J connectivity index is 0.00000192. The first kappa shape index (κ1) is 32.0. The highest BCUT2D eigenvalue weighted by Crippen LogP contribution is 2.53. The Hall–Kier alpha value is -3.39. The van der Waals surface area contributed by atoms with E-state index in [1.807, 2.05) is 0 Å². The van der Waals surface area contributed by atoms with Crippen LogP contribution in [0, 0.1) is 0 Å². The van der Waals surface area contributed by atoms with Gasteiger partial charge in [-0.1, -0.05) is 84.9 Å². The fraction of sp³-hybridized carbons (Fsp3) is 0.306. The molecule has 0 saturated carbocycles. The molecule has 2 unspecified atom stereocenters. The lowest BCUT2D eigenvalue weighted by Gasteiger charge is -2.35.